The zero-order valence-corrected chi connectivity index (χ0v) is 10.3. The summed E-state index contributed by atoms with van der Waals surface area (Å²) >= 11 is 0. The van der Waals surface area contributed by atoms with Gasteiger partial charge in [-0.1, -0.05) is 39.0 Å². The predicted octanol–water partition coefficient (Wildman–Crippen LogP) is 1.87. The zero-order valence-electron chi connectivity index (χ0n) is 10.3. The lowest BCUT2D eigenvalue weighted by Gasteiger charge is -2.15. The van der Waals surface area contributed by atoms with Gasteiger partial charge in [0.2, 0.25) is 0 Å². The van der Waals surface area contributed by atoms with Crippen LogP contribution in [0.1, 0.15) is 58.3 Å². The number of hydrogen-bond acceptors (Lipinski definition) is 3. The van der Waals surface area contributed by atoms with Gasteiger partial charge in [-0.25, -0.2) is 0 Å². The Morgan fingerprint density at radius 1 is 1.38 bits per heavy atom. The molecule has 1 unspecified atom stereocenters. The average molecular weight is 230 g/mol. The molecule has 4 heteroatoms. The van der Waals surface area contributed by atoms with Gasteiger partial charge in [0.1, 0.15) is 6.04 Å². The van der Waals surface area contributed by atoms with Crippen LogP contribution in [0.4, 0.5) is 0 Å². The lowest BCUT2D eigenvalue weighted by molar-refractivity contribution is -0.138. The first kappa shape index (κ1) is 15.4. The molecule has 4 nitrogen and oxygen atoms in total. The second-order valence-corrected chi connectivity index (χ2v) is 4.49. The lowest BCUT2D eigenvalue weighted by atomic mass is 9.97. The van der Waals surface area contributed by atoms with Crippen LogP contribution in [0.15, 0.2) is 0 Å². The van der Waals surface area contributed by atoms with Crippen LogP contribution in [-0.2, 0) is 4.79 Å². The summed E-state index contributed by atoms with van der Waals surface area (Å²) in [6.07, 6.45) is 9.15. The minimum absolute atomic E-state index is 0.536. The molecule has 0 aliphatic heterocycles. The summed E-state index contributed by atoms with van der Waals surface area (Å²) in [5.41, 5.74) is 10.8. The molecule has 0 heterocycles. The highest BCUT2D eigenvalue weighted by atomic mass is 16.4. The highest BCUT2D eigenvalue weighted by Crippen LogP contribution is 2.14. The van der Waals surface area contributed by atoms with Crippen LogP contribution in [0, 0.1) is 0 Å². The van der Waals surface area contributed by atoms with Crippen LogP contribution in [0.5, 0.6) is 0 Å². The first-order valence-corrected chi connectivity index (χ1v) is 6.31. The minimum atomic E-state index is -0.900. The molecule has 0 aromatic heterocycles. The Labute approximate surface area is 98.4 Å². The highest BCUT2D eigenvalue weighted by molar-refractivity contribution is 5.72. The summed E-state index contributed by atoms with van der Waals surface area (Å²) in [6, 6.07) is -0.126. The molecular weight excluding hydrogens is 204 g/mol. The SMILES string of the molecule is CCCCC(N)C(=O)O.NC1CCCCC1. The fourth-order valence-corrected chi connectivity index (χ4v) is 1.68. The van der Waals surface area contributed by atoms with Gasteiger partial charge in [0, 0.05) is 6.04 Å². The van der Waals surface area contributed by atoms with Crippen LogP contribution < -0.4 is 11.5 Å². The number of rotatable bonds is 4. The summed E-state index contributed by atoms with van der Waals surface area (Å²) < 4.78 is 0. The van der Waals surface area contributed by atoms with Gasteiger partial charge in [0.25, 0.3) is 0 Å². The summed E-state index contributed by atoms with van der Waals surface area (Å²) in [6.45, 7) is 2.01. The Morgan fingerprint density at radius 3 is 2.25 bits per heavy atom. The number of nitrogens with two attached hydrogens (primary N) is 2. The average Bonchev–Trinajstić information content (AvgIpc) is 2.27. The Bertz CT molecular complexity index is 180. The van der Waals surface area contributed by atoms with E-state index >= 15 is 0 Å². The maximum absolute atomic E-state index is 10.1. The first-order valence-electron chi connectivity index (χ1n) is 6.31. The van der Waals surface area contributed by atoms with Crippen molar-refractivity contribution in [3.05, 3.63) is 0 Å². The van der Waals surface area contributed by atoms with Crippen LogP contribution >= 0.6 is 0 Å². The van der Waals surface area contributed by atoms with Crippen molar-refractivity contribution in [1.82, 2.24) is 0 Å². The highest BCUT2D eigenvalue weighted by Gasteiger charge is 2.08. The maximum atomic E-state index is 10.1. The quantitative estimate of drug-likeness (QED) is 0.687. The standard InChI is InChI=1S/C6H13NO2.C6H13N/c1-2-3-4-5(7)6(8)9;7-6-4-2-1-3-5-6/h5H,2-4,7H2,1H3,(H,8,9);6H,1-5,7H2. The normalized spacial score (nSPS) is 18.4. The van der Waals surface area contributed by atoms with Crippen LogP contribution in [0.3, 0.4) is 0 Å². The monoisotopic (exact) mass is 230 g/mol. The fourth-order valence-electron chi connectivity index (χ4n) is 1.68. The Morgan fingerprint density at radius 2 is 1.94 bits per heavy atom. The van der Waals surface area contributed by atoms with E-state index in [-0.39, 0.29) is 0 Å². The van der Waals surface area contributed by atoms with Gasteiger partial charge in [-0.05, 0) is 19.3 Å². The molecule has 1 rings (SSSR count). The number of carbonyl (C=O) groups is 1. The maximum Gasteiger partial charge on any atom is 0.320 e. The van der Waals surface area contributed by atoms with Crippen LogP contribution in [0.25, 0.3) is 0 Å². The molecule has 0 amide bonds. The third-order valence-corrected chi connectivity index (χ3v) is 2.84. The fraction of sp³-hybridized carbons (Fsp3) is 0.917. The van der Waals surface area contributed by atoms with Gasteiger partial charge in [0.05, 0.1) is 0 Å². The van der Waals surface area contributed by atoms with Crippen molar-refractivity contribution in [3.63, 3.8) is 0 Å². The molecule has 1 aliphatic rings. The van der Waals surface area contributed by atoms with Crippen molar-refractivity contribution < 1.29 is 9.90 Å². The van der Waals surface area contributed by atoms with Gasteiger partial charge in [-0.3, -0.25) is 4.79 Å². The Hall–Kier alpha value is -0.610. The molecular formula is C12H26N2O2. The Balaban J connectivity index is 0.000000288. The number of carboxylic acid groups (broad SMARTS) is 1. The van der Waals surface area contributed by atoms with Crippen molar-refractivity contribution >= 4 is 5.97 Å². The second kappa shape index (κ2) is 9.60. The van der Waals surface area contributed by atoms with Crippen molar-refractivity contribution in [2.45, 2.75) is 70.4 Å². The van der Waals surface area contributed by atoms with E-state index in [0.29, 0.717) is 12.5 Å². The minimum Gasteiger partial charge on any atom is -0.480 e. The van der Waals surface area contributed by atoms with Crippen molar-refractivity contribution in [2.24, 2.45) is 11.5 Å². The van der Waals surface area contributed by atoms with E-state index in [1.165, 1.54) is 32.1 Å². The molecule has 0 aromatic rings. The lowest BCUT2D eigenvalue weighted by Crippen LogP contribution is -2.29. The molecule has 1 aliphatic carbocycles. The molecule has 0 aromatic carbocycles. The molecule has 0 radical (unpaired) electrons. The first-order chi connectivity index (χ1) is 7.57. The molecule has 1 saturated carbocycles. The predicted molar refractivity (Wildman–Crippen MR) is 66.2 cm³/mol. The zero-order chi connectivity index (χ0) is 12.4. The van der Waals surface area contributed by atoms with Gasteiger partial charge < -0.3 is 16.6 Å². The van der Waals surface area contributed by atoms with Gasteiger partial charge in [-0.2, -0.15) is 0 Å². The molecule has 96 valence electrons. The molecule has 5 N–H and O–H groups in total. The van der Waals surface area contributed by atoms with E-state index in [2.05, 4.69) is 0 Å². The third-order valence-electron chi connectivity index (χ3n) is 2.84. The molecule has 1 fully saturated rings. The Kier molecular flexibility index (Phi) is 9.24. The topological polar surface area (TPSA) is 89.3 Å². The van der Waals surface area contributed by atoms with Gasteiger partial charge in [-0.15, -0.1) is 0 Å². The summed E-state index contributed by atoms with van der Waals surface area (Å²) in [4.78, 5) is 10.1. The van der Waals surface area contributed by atoms with Crippen molar-refractivity contribution in [1.29, 1.82) is 0 Å². The van der Waals surface area contributed by atoms with E-state index < -0.39 is 12.0 Å². The molecule has 0 spiro atoms. The van der Waals surface area contributed by atoms with Crippen LogP contribution in [-0.4, -0.2) is 23.2 Å². The van der Waals surface area contributed by atoms with Crippen LogP contribution in [0.2, 0.25) is 0 Å². The molecule has 0 saturated heterocycles. The number of aliphatic carboxylic acids is 1. The molecule has 0 bridgehead atoms. The van der Waals surface area contributed by atoms with Crippen molar-refractivity contribution in [3.8, 4) is 0 Å². The summed E-state index contributed by atoms with van der Waals surface area (Å²) in [5, 5.41) is 8.28. The van der Waals surface area contributed by atoms with E-state index in [9.17, 15) is 4.79 Å². The summed E-state index contributed by atoms with van der Waals surface area (Å²) in [7, 11) is 0. The third kappa shape index (κ3) is 8.68. The molecule has 1 atom stereocenters. The van der Waals surface area contributed by atoms with Gasteiger partial charge >= 0.3 is 5.97 Å². The van der Waals surface area contributed by atoms with E-state index in [1.807, 2.05) is 6.92 Å². The largest absolute Gasteiger partial charge is 0.480 e. The second-order valence-electron chi connectivity index (χ2n) is 4.49. The number of unbranched alkanes of at least 4 members (excludes halogenated alkanes) is 1. The smallest absolute Gasteiger partial charge is 0.320 e. The number of carboxylic acids is 1. The van der Waals surface area contributed by atoms with Gasteiger partial charge in [0.15, 0.2) is 0 Å². The molecule has 16 heavy (non-hydrogen) atoms. The van der Waals surface area contributed by atoms with Crippen molar-refractivity contribution in [2.75, 3.05) is 0 Å². The van der Waals surface area contributed by atoms with E-state index in [4.69, 9.17) is 16.6 Å². The summed E-state index contributed by atoms with van der Waals surface area (Å²) in [5.74, 6) is -0.900. The van der Waals surface area contributed by atoms with E-state index in [0.717, 1.165) is 12.8 Å². The number of hydrogen-bond donors (Lipinski definition) is 3. The van der Waals surface area contributed by atoms with E-state index in [1.54, 1.807) is 0 Å².